The number of hydrogen-bond donors (Lipinski definition) is 3. The van der Waals surface area contributed by atoms with Gasteiger partial charge in [0.2, 0.25) is 0 Å². The standard InChI is InChI=1S/C14H19BrN2O2/c15-11-4-3-5-12(10-11)16-8-9-17-13(18)14(19)6-1-2-7-14/h3-5,10,16,19H,1-2,6-9H2,(H,17,18). The Morgan fingerprint density at radius 2 is 2.05 bits per heavy atom. The van der Waals surface area contributed by atoms with E-state index in [-0.39, 0.29) is 5.91 Å². The number of amides is 1. The van der Waals surface area contributed by atoms with Gasteiger partial charge in [0.05, 0.1) is 0 Å². The van der Waals surface area contributed by atoms with Crippen LogP contribution in [0.2, 0.25) is 0 Å². The second kappa shape index (κ2) is 6.39. The zero-order valence-corrected chi connectivity index (χ0v) is 12.4. The summed E-state index contributed by atoms with van der Waals surface area (Å²) in [5.74, 6) is -0.235. The van der Waals surface area contributed by atoms with Crippen LogP contribution in [-0.4, -0.2) is 29.7 Å². The maximum Gasteiger partial charge on any atom is 0.252 e. The maximum absolute atomic E-state index is 11.8. The highest BCUT2D eigenvalue weighted by atomic mass is 79.9. The first kappa shape index (κ1) is 14.3. The van der Waals surface area contributed by atoms with Crippen molar-refractivity contribution < 1.29 is 9.90 Å². The lowest BCUT2D eigenvalue weighted by molar-refractivity contribution is -0.139. The average molecular weight is 327 g/mol. The van der Waals surface area contributed by atoms with E-state index in [1.807, 2.05) is 24.3 Å². The Bertz CT molecular complexity index is 445. The van der Waals surface area contributed by atoms with Crippen molar-refractivity contribution in [3.63, 3.8) is 0 Å². The zero-order chi connectivity index (χ0) is 13.7. The van der Waals surface area contributed by atoms with Crippen molar-refractivity contribution in [1.82, 2.24) is 5.32 Å². The molecule has 0 unspecified atom stereocenters. The van der Waals surface area contributed by atoms with E-state index < -0.39 is 5.60 Å². The Morgan fingerprint density at radius 3 is 2.74 bits per heavy atom. The minimum absolute atomic E-state index is 0.235. The Morgan fingerprint density at radius 1 is 1.32 bits per heavy atom. The molecule has 3 N–H and O–H groups in total. The molecule has 1 aliphatic rings. The lowest BCUT2D eigenvalue weighted by Crippen LogP contribution is -2.46. The van der Waals surface area contributed by atoms with Crippen LogP contribution < -0.4 is 10.6 Å². The van der Waals surface area contributed by atoms with E-state index >= 15 is 0 Å². The molecule has 0 aromatic heterocycles. The van der Waals surface area contributed by atoms with Gasteiger partial charge < -0.3 is 15.7 Å². The molecule has 1 aromatic carbocycles. The van der Waals surface area contributed by atoms with E-state index in [1.165, 1.54) is 0 Å². The van der Waals surface area contributed by atoms with E-state index in [9.17, 15) is 9.90 Å². The molecule has 0 bridgehead atoms. The van der Waals surface area contributed by atoms with Crippen LogP contribution in [0.3, 0.4) is 0 Å². The fraction of sp³-hybridized carbons (Fsp3) is 0.500. The number of carbonyl (C=O) groups excluding carboxylic acids is 1. The molecule has 1 aromatic rings. The fourth-order valence-electron chi connectivity index (χ4n) is 2.33. The molecule has 104 valence electrons. The molecule has 0 aliphatic heterocycles. The molecule has 0 saturated heterocycles. The van der Waals surface area contributed by atoms with Crippen LogP contribution in [0.15, 0.2) is 28.7 Å². The van der Waals surface area contributed by atoms with Crippen molar-refractivity contribution in [2.45, 2.75) is 31.3 Å². The third-order valence-corrected chi connectivity index (χ3v) is 3.91. The van der Waals surface area contributed by atoms with Gasteiger partial charge in [-0.3, -0.25) is 4.79 Å². The van der Waals surface area contributed by atoms with Crippen LogP contribution in [0.1, 0.15) is 25.7 Å². The molecule has 0 atom stereocenters. The average Bonchev–Trinajstić information content (AvgIpc) is 2.83. The second-order valence-corrected chi connectivity index (χ2v) is 5.85. The monoisotopic (exact) mass is 326 g/mol. The third kappa shape index (κ3) is 3.94. The number of rotatable bonds is 5. The summed E-state index contributed by atoms with van der Waals surface area (Å²) in [6.07, 6.45) is 3.02. The van der Waals surface area contributed by atoms with Gasteiger partial charge in [0.1, 0.15) is 5.60 Å². The highest BCUT2D eigenvalue weighted by Gasteiger charge is 2.38. The number of nitrogens with one attached hydrogen (secondary N) is 2. The number of anilines is 1. The van der Waals surface area contributed by atoms with Crippen LogP contribution in [0.25, 0.3) is 0 Å². The maximum atomic E-state index is 11.8. The van der Waals surface area contributed by atoms with Crippen LogP contribution in [0, 0.1) is 0 Å². The number of aliphatic hydroxyl groups is 1. The molecule has 1 fully saturated rings. The summed E-state index contributed by atoms with van der Waals surface area (Å²) >= 11 is 3.40. The van der Waals surface area contributed by atoms with Gasteiger partial charge in [0, 0.05) is 23.2 Å². The summed E-state index contributed by atoms with van der Waals surface area (Å²) < 4.78 is 1.02. The first-order valence-electron chi connectivity index (χ1n) is 6.60. The molecule has 1 amide bonds. The second-order valence-electron chi connectivity index (χ2n) is 4.93. The van der Waals surface area contributed by atoms with Crippen LogP contribution in [0.5, 0.6) is 0 Å². The van der Waals surface area contributed by atoms with E-state index in [1.54, 1.807) is 0 Å². The minimum atomic E-state index is -1.13. The largest absolute Gasteiger partial charge is 0.383 e. The molecule has 2 rings (SSSR count). The quantitative estimate of drug-likeness (QED) is 0.727. The van der Waals surface area contributed by atoms with Crippen molar-refractivity contribution in [3.05, 3.63) is 28.7 Å². The molecule has 1 aliphatic carbocycles. The van der Waals surface area contributed by atoms with E-state index in [2.05, 4.69) is 26.6 Å². The fourth-order valence-corrected chi connectivity index (χ4v) is 2.73. The number of hydrogen-bond acceptors (Lipinski definition) is 3. The van der Waals surface area contributed by atoms with Crippen molar-refractivity contribution in [1.29, 1.82) is 0 Å². The van der Waals surface area contributed by atoms with Crippen molar-refractivity contribution in [2.24, 2.45) is 0 Å². The van der Waals surface area contributed by atoms with Gasteiger partial charge >= 0.3 is 0 Å². The van der Waals surface area contributed by atoms with Gasteiger partial charge in [-0.1, -0.05) is 22.0 Å². The van der Waals surface area contributed by atoms with Crippen molar-refractivity contribution in [2.75, 3.05) is 18.4 Å². The summed E-state index contributed by atoms with van der Waals surface area (Å²) in [5, 5.41) is 16.1. The van der Waals surface area contributed by atoms with Crippen LogP contribution >= 0.6 is 15.9 Å². The SMILES string of the molecule is O=C(NCCNc1cccc(Br)c1)C1(O)CCCC1. The van der Waals surface area contributed by atoms with Gasteiger partial charge in [-0.25, -0.2) is 0 Å². The Hall–Kier alpha value is -1.07. The summed E-state index contributed by atoms with van der Waals surface area (Å²) in [6.45, 7) is 1.14. The van der Waals surface area contributed by atoms with Crippen molar-refractivity contribution >= 4 is 27.5 Å². The molecule has 5 heteroatoms. The van der Waals surface area contributed by atoms with E-state index in [0.717, 1.165) is 23.0 Å². The minimum Gasteiger partial charge on any atom is -0.383 e. The van der Waals surface area contributed by atoms with Crippen molar-refractivity contribution in [3.8, 4) is 0 Å². The highest BCUT2D eigenvalue weighted by molar-refractivity contribution is 9.10. The normalized spacial score (nSPS) is 17.2. The summed E-state index contributed by atoms with van der Waals surface area (Å²) in [4.78, 5) is 11.8. The van der Waals surface area contributed by atoms with E-state index in [0.29, 0.717) is 25.9 Å². The summed E-state index contributed by atoms with van der Waals surface area (Å²) in [6, 6.07) is 7.86. The number of carbonyl (C=O) groups is 1. The molecule has 4 nitrogen and oxygen atoms in total. The van der Waals surface area contributed by atoms with Gasteiger partial charge in [-0.15, -0.1) is 0 Å². The number of benzene rings is 1. The molecular weight excluding hydrogens is 308 g/mol. The van der Waals surface area contributed by atoms with Crippen LogP contribution in [0.4, 0.5) is 5.69 Å². The molecule has 0 spiro atoms. The van der Waals surface area contributed by atoms with Gasteiger partial charge in [0.15, 0.2) is 0 Å². The van der Waals surface area contributed by atoms with E-state index in [4.69, 9.17) is 0 Å². The van der Waals surface area contributed by atoms with Gasteiger partial charge in [-0.05, 0) is 43.9 Å². The lowest BCUT2D eigenvalue weighted by atomic mass is 10.0. The lowest BCUT2D eigenvalue weighted by Gasteiger charge is -2.21. The van der Waals surface area contributed by atoms with Gasteiger partial charge in [0.25, 0.3) is 5.91 Å². The smallest absolute Gasteiger partial charge is 0.252 e. The highest BCUT2D eigenvalue weighted by Crippen LogP contribution is 2.29. The molecule has 1 saturated carbocycles. The third-order valence-electron chi connectivity index (χ3n) is 3.42. The molecule has 0 heterocycles. The topological polar surface area (TPSA) is 61.4 Å². The summed E-state index contributed by atoms with van der Waals surface area (Å²) in [7, 11) is 0. The first-order valence-corrected chi connectivity index (χ1v) is 7.40. The Labute approximate surface area is 121 Å². The van der Waals surface area contributed by atoms with Gasteiger partial charge in [-0.2, -0.15) is 0 Å². The molecular formula is C14H19BrN2O2. The predicted octanol–water partition coefficient (Wildman–Crippen LogP) is 2.28. The van der Waals surface area contributed by atoms with Crippen LogP contribution in [-0.2, 0) is 4.79 Å². The zero-order valence-electron chi connectivity index (χ0n) is 10.8. The Balaban J connectivity index is 1.71. The first-order chi connectivity index (χ1) is 9.10. The molecule has 19 heavy (non-hydrogen) atoms. The predicted molar refractivity (Wildman–Crippen MR) is 79.1 cm³/mol. The Kier molecular flexibility index (Phi) is 4.82. The summed E-state index contributed by atoms with van der Waals surface area (Å²) in [5.41, 5.74) is -0.126. The molecule has 0 radical (unpaired) electrons. The number of halogens is 1.